The molecule has 0 spiro atoms. The molecule has 2 aromatic rings. The number of carbonyl (C=O) groups is 1. The van der Waals surface area contributed by atoms with Gasteiger partial charge in [-0.3, -0.25) is 4.79 Å². The minimum Gasteiger partial charge on any atom is -0.494 e. The fourth-order valence-electron chi connectivity index (χ4n) is 2.40. The Hall–Kier alpha value is -2.24. The third-order valence-electron chi connectivity index (χ3n) is 3.77. The van der Waals surface area contributed by atoms with E-state index in [1.165, 1.54) is 0 Å². The van der Waals surface area contributed by atoms with Crippen molar-refractivity contribution >= 4 is 17.5 Å². The number of carbonyl (C=O) groups excluding carboxylic acids is 1. The summed E-state index contributed by atoms with van der Waals surface area (Å²) >= 11 is 6.16. The number of amides is 1. The molecule has 1 amide bonds. The zero-order valence-corrected chi connectivity index (χ0v) is 15.9. The van der Waals surface area contributed by atoms with Gasteiger partial charge in [0, 0.05) is 11.1 Å². The fraction of sp³-hybridized carbons (Fsp3) is 0.350. The number of halogens is 1. The maximum Gasteiger partial charge on any atom is 0.234 e. The molecule has 0 heterocycles. The highest BCUT2D eigenvalue weighted by Gasteiger charge is 2.10. The average Bonchev–Trinajstić information content (AvgIpc) is 2.65. The van der Waals surface area contributed by atoms with Gasteiger partial charge in [0.25, 0.3) is 0 Å². The van der Waals surface area contributed by atoms with E-state index < -0.39 is 0 Å². The fourth-order valence-corrected chi connectivity index (χ4v) is 2.70. The van der Waals surface area contributed by atoms with Crippen molar-refractivity contribution < 1.29 is 14.3 Å². The first-order valence-corrected chi connectivity index (χ1v) is 9.08. The van der Waals surface area contributed by atoms with Crippen molar-refractivity contribution in [2.24, 2.45) is 0 Å². The Morgan fingerprint density at radius 3 is 2.38 bits per heavy atom. The summed E-state index contributed by atoms with van der Waals surface area (Å²) in [5.41, 5.74) is 0.973. The van der Waals surface area contributed by atoms with Crippen LogP contribution < -0.4 is 20.1 Å². The molecule has 0 aliphatic rings. The molecular formula is C20H25ClN2O3. The molecule has 0 aromatic heterocycles. The van der Waals surface area contributed by atoms with Crippen LogP contribution >= 0.6 is 11.6 Å². The van der Waals surface area contributed by atoms with Crippen LogP contribution in [-0.2, 0) is 4.79 Å². The monoisotopic (exact) mass is 376 g/mol. The molecule has 26 heavy (non-hydrogen) atoms. The first kappa shape index (κ1) is 20.1. The number of benzene rings is 2. The minimum atomic E-state index is -0.0841. The van der Waals surface area contributed by atoms with Crippen LogP contribution in [0.3, 0.4) is 0 Å². The quantitative estimate of drug-likeness (QED) is 0.622. The van der Waals surface area contributed by atoms with Gasteiger partial charge in [0.05, 0.1) is 19.7 Å². The normalized spacial score (nSPS) is 11.7. The Balaban J connectivity index is 1.63. The molecule has 0 fully saturated rings. The Kier molecular flexibility index (Phi) is 8.25. The van der Waals surface area contributed by atoms with E-state index in [9.17, 15) is 4.79 Å². The van der Waals surface area contributed by atoms with Gasteiger partial charge in [-0.15, -0.1) is 0 Å². The van der Waals surface area contributed by atoms with Crippen molar-refractivity contribution in [3.05, 3.63) is 59.1 Å². The molecule has 6 heteroatoms. The summed E-state index contributed by atoms with van der Waals surface area (Å²) in [6, 6.07) is 15.0. The van der Waals surface area contributed by atoms with E-state index in [4.69, 9.17) is 21.1 Å². The molecule has 0 aliphatic carbocycles. The molecule has 2 aromatic carbocycles. The van der Waals surface area contributed by atoms with Crippen LogP contribution in [0.1, 0.15) is 25.5 Å². The smallest absolute Gasteiger partial charge is 0.234 e. The van der Waals surface area contributed by atoms with Crippen LogP contribution in [0.4, 0.5) is 0 Å². The average molecular weight is 377 g/mol. The maximum atomic E-state index is 11.9. The standard InChI is InChI=1S/C20H25ClN2O3/c1-3-25-16-8-10-17(11-9-16)26-13-12-22-20(24)14-23-15(2)18-6-4-5-7-19(18)21/h4-11,15,23H,3,12-14H2,1-2H3,(H,22,24)/t15-/m1/s1. The van der Waals surface area contributed by atoms with Crippen LogP contribution in [0.2, 0.25) is 5.02 Å². The Morgan fingerprint density at radius 2 is 1.73 bits per heavy atom. The minimum absolute atomic E-state index is 0.00504. The molecule has 0 saturated carbocycles. The van der Waals surface area contributed by atoms with Crippen LogP contribution in [0, 0.1) is 0 Å². The zero-order chi connectivity index (χ0) is 18.8. The summed E-state index contributed by atoms with van der Waals surface area (Å²) in [6.07, 6.45) is 0. The lowest BCUT2D eigenvalue weighted by molar-refractivity contribution is -0.120. The lowest BCUT2D eigenvalue weighted by Crippen LogP contribution is -2.37. The van der Waals surface area contributed by atoms with E-state index >= 15 is 0 Å². The number of nitrogens with one attached hydrogen (secondary N) is 2. The van der Waals surface area contributed by atoms with Gasteiger partial charge in [-0.05, 0) is 49.7 Å². The summed E-state index contributed by atoms with van der Waals surface area (Å²) in [5, 5.41) is 6.68. The Morgan fingerprint density at radius 1 is 1.08 bits per heavy atom. The summed E-state index contributed by atoms with van der Waals surface area (Å²) in [6.45, 7) is 5.61. The SMILES string of the molecule is CCOc1ccc(OCCNC(=O)CN[C@H](C)c2ccccc2Cl)cc1. The van der Waals surface area contributed by atoms with Crippen molar-refractivity contribution in [3.63, 3.8) is 0 Å². The van der Waals surface area contributed by atoms with Gasteiger partial charge in [0.15, 0.2) is 0 Å². The molecule has 140 valence electrons. The topological polar surface area (TPSA) is 59.6 Å². The zero-order valence-electron chi connectivity index (χ0n) is 15.1. The molecule has 0 bridgehead atoms. The number of hydrogen-bond donors (Lipinski definition) is 2. The van der Waals surface area contributed by atoms with E-state index in [-0.39, 0.29) is 18.5 Å². The third-order valence-corrected chi connectivity index (χ3v) is 4.11. The van der Waals surface area contributed by atoms with E-state index in [0.717, 1.165) is 17.1 Å². The van der Waals surface area contributed by atoms with Crippen molar-refractivity contribution in [1.82, 2.24) is 10.6 Å². The molecular weight excluding hydrogens is 352 g/mol. The Labute approximate surface area is 159 Å². The number of rotatable bonds is 10. The second-order valence-electron chi connectivity index (χ2n) is 5.73. The maximum absolute atomic E-state index is 11.9. The summed E-state index contributed by atoms with van der Waals surface area (Å²) in [4.78, 5) is 11.9. The molecule has 0 unspecified atom stereocenters. The highest BCUT2D eigenvalue weighted by atomic mass is 35.5. The molecule has 2 N–H and O–H groups in total. The van der Waals surface area contributed by atoms with E-state index in [1.807, 2.05) is 62.4 Å². The van der Waals surface area contributed by atoms with E-state index in [2.05, 4.69) is 10.6 Å². The van der Waals surface area contributed by atoms with Gasteiger partial charge in [-0.2, -0.15) is 0 Å². The van der Waals surface area contributed by atoms with Gasteiger partial charge in [0.1, 0.15) is 18.1 Å². The highest BCUT2D eigenvalue weighted by Crippen LogP contribution is 2.21. The van der Waals surface area contributed by atoms with Gasteiger partial charge >= 0.3 is 0 Å². The lowest BCUT2D eigenvalue weighted by atomic mass is 10.1. The van der Waals surface area contributed by atoms with Crippen LogP contribution in [0.25, 0.3) is 0 Å². The Bertz CT molecular complexity index is 692. The van der Waals surface area contributed by atoms with Gasteiger partial charge in [-0.1, -0.05) is 29.8 Å². The van der Waals surface area contributed by atoms with Gasteiger partial charge in [0.2, 0.25) is 5.91 Å². The van der Waals surface area contributed by atoms with Crippen molar-refractivity contribution in [3.8, 4) is 11.5 Å². The second-order valence-corrected chi connectivity index (χ2v) is 6.13. The highest BCUT2D eigenvalue weighted by molar-refractivity contribution is 6.31. The first-order chi connectivity index (χ1) is 12.6. The van der Waals surface area contributed by atoms with Crippen molar-refractivity contribution in [2.75, 3.05) is 26.3 Å². The largest absolute Gasteiger partial charge is 0.494 e. The first-order valence-electron chi connectivity index (χ1n) is 8.70. The molecule has 0 radical (unpaired) electrons. The predicted molar refractivity (Wildman–Crippen MR) is 104 cm³/mol. The van der Waals surface area contributed by atoms with Crippen LogP contribution in [-0.4, -0.2) is 32.2 Å². The third kappa shape index (κ3) is 6.58. The van der Waals surface area contributed by atoms with Crippen LogP contribution in [0.15, 0.2) is 48.5 Å². The molecule has 5 nitrogen and oxygen atoms in total. The molecule has 0 saturated heterocycles. The van der Waals surface area contributed by atoms with Crippen molar-refractivity contribution in [2.45, 2.75) is 19.9 Å². The summed E-state index contributed by atoms with van der Waals surface area (Å²) in [5.74, 6) is 1.47. The van der Waals surface area contributed by atoms with E-state index in [0.29, 0.717) is 24.8 Å². The predicted octanol–water partition coefficient (Wildman–Crippen LogP) is 3.58. The van der Waals surface area contributed by atoms with E-state index in [1.54, 1.807) is 0 Å². The van der Waals surface area contributed by atoms with Gasteiger partial charge < -0.3 is 20.1 Å². The molecule has 2 rings (SSSR count). The lowest BCUT2D eigenvalue weighted by Gasteiger charge is -2.15. The summed E-state index contributed by atoms with van der Waals surface area (Å²) < 4.78 is 11.0. The van der Waals surface area contributed by atoms with Gasteiger partial charge in [-0.25, -0.2) is 0 Å². The second kappa shape index (κ2) is 10.7. The number of hydrogen-bond acceptors (Lipinski definition) is 4. The molecule has 0 aliphatic heterocycles. The summed E-state index contributed by atoms with van der Waals surface area (Å²) in [7, 11) is 0. The molecule has 1 atom stereocenters. The number of ether oxygens (including phenoxy) is 2. The van der Waals surface area contributed by atoms with Crippen LogP contribution in [0.5, 0.6) is 11.5 Å². The van der Waals surface area contributed by atoms with Crippen molar-refractivity contribution in [1.29, 1.82) is 0 Å².